The van der Waals surface area contributed by atoms with Crippen molar-refractivity contribution in [2.45, 2.75) is 19.1 Å². The number of fused-ring (bicyclic) bond motifs is 1. The minimum atomic E-state index is -0.115. The van der Waals surface area contributed by atoms with Crippen molar-refractivity contribution in [1.29, 1.82) is 0 Å². The van der Waals surface area contributed by atoms with E-state index in [4.69, 9.17) is 4.42 Å². The van der Waals surface area contributed by atoms with Gasteiger partial charge in [0, 0.05) is 4.88 Å². The molecule has 1 amide bonds. The monoisotopic (exact) mass is 319 g/mol. The molecule has 1 N–H and O–H groups in total. The number of benzene rings is 1. The summed E-state index contributed by atoms with van der Waals surface area (Å²) in [4.78, 5) is 21.6. The van der Waals surface area contributed by atoms with Crippen LogP contribution in [-0.4, -0.2) is 21.6 Å². The molecule has 3 rings (SSSR count). The number of thiazole rings is 1. The maximum Gasteiger partial charge on any atom is 0.257 e. The number of nitrogens with zero attached hydrogens (tertiary/aromatic N) is 2. The van der Waals surface area contributed by atoms with E-state index in [-0.39, 0.29) is 11.7 Å². The van der Waals surface area contributed by atoms with E-state index >= 15 is 0 Å². The third-order valence-electron chi connectivity index (χ3n) is 2.88. The van der Waals surface area contributed by atoms with Crippen molar-refractivity contribution in [2.24, 2.45) is 0 Å². The van der Waals surface area contributed by atoms with Crippen molar-refractivity contribution >= 4 is 45.2 Å². The zero-order valence-electron chi connectivity index (χ0n) is 11.5. The highest BCUT2D eigenvalue weighted by Crippen LogP contribution is 2.24. The number of anilines is 1. The van der Waals surface area contributed by atoms with Crippen molar-refractivity contribution in [3.8, 4) is 0 Å². The zero-order chi connectivity index (χ0) is 14.8. The molecule has 1 aromatic carbocycles. The maximum absolute atomic E-state index is 11.9. The van der Waals surface area contributed by atoms with Crippen LogP contribution in [0.5, 0.6) is 0 Å². The van der Waals surface area contributed by atoms with Crippen LogP contribution in [0.15, 0.2) is 33.9 Å². The number of carbonyl (C=O) groups excluding carboxylic acids is 1. The van der Waals surface area contributed by atoms with Crippen LogP contribution in [0, 0.1) is 13.8 Å². The SMILES string of the molecule is Cc1nc(NC(=O)CSc2nc3ccccc3o2)sc1C. The molecule has 0 spiro atoms. The van der Waals surface area contributed by atoms with E-state index in [1.54, 1.807) is 0 Å². The summed E-state index contributed by atoms with van der Waals surface area (Å²) in [5.41, 5.74) is 2.47. The minimum absolute atomic E-state index is 0.115. The number of hydrogen-bond acceptors (Lipinski definition) is 6. The van der Waals surface area contributed by atoms with Crippen LogP contribution in [0.3, 0.4) is 0 Å². The molecule has 3 aromatic rings. The number of aromatic nitrogens is 2. The molecule has 0 aliphatic heterocycles. The average molecular weight is 319 g/mol. The van der Waals surface area contributed by atoms with Crippen LogP contribution < -0.4 is 5.32 Å². The molecule has 0 bridgehead atoms. The fourth-order valence-corrected chi connectivity index (χ4v) is 3.19. The molecule has 0 unspecified atom stereocenters. The Labute approximate surface area is 129 Å². The average Bonchev–Trinajstić information content (AvgIpc) is 3.00. The van der Waals surface area contributed by atoms with Gasteiger partial charge in [0.2, 0.25) is 5.91 Å². The minimum Gasteiger partial charge on any atom is -0.431 e. The van der Waals surface area contributed by atoms with Crippen molar-refractivity contribution in [3.63, 3.8) is 0 Å². The Kier molecular flexibility index (Phi) is 3.94. The Morgan fingerprint density at radius 3 is 2.86 bits per heavy atom. The number of nitrogens with one attached hydrogen (secondary N) is 1. The van der Waals surface area contributed by atoms with E-state index in [0.29, 0.717) is 10.4 Å². The Hall–Kier alpha value is -1.86. The number of amides is 1. The second-order valence-corrected chi connectivity index (χ2v) is 6.57. The summed E-state index contributed by atoms with van der Waals surface area (Å²) in [5, 5.41) is 3.92. The number of para-hydroxylation sites is 2. The van der Waals surface area contributed by atoms with Gasteiger partial charge in [-0.05, 0) is 26.0 Å². The largest absolute Gasteiger partial charge is 0.431 e. The predicted octanol–water partition coefficient (Wildman–Crippen LogP) is 3.63. The summed E-state index contributed by atoms with van der Waals surface area (Å²) in [6, 6.07) is 7.53. The number of carbonyl (C=O) groups is 1. The van der Waals surface area contributed by atoms with Crippen LogP contribution in [0.1, 0.15) is 10.6 Å². The molecular weight excluding hydrogens is 306 g/mol. The molecule has 0 saturated carbocycles. The smallest absolute Gasteiger partial charge is 0.257 e. The first-order valence-corrected chi connectivity index (χ1v) is 8.14. The standard InChI is InChI=1S/C14H13N3O2S2/c1-8-9(2)21-13(15-8)17-12(18)7-20-14-16-10-5-3-4-6-11(10)19-14/h3-6H,7H2,1-2H3,(H,15,17,18). The van der Waals surface area contributed by atoms with Gasteiger partial charge in [0.05, 0.1) is 11.4 Å². The summed E-state index contributed by atoms with van der Waals surface area (Å²) in [6.07, 6.45) is 0. The molecule has 0 atom stereocenters. The topological polar surface area (TPSA) is 68.0 Å². The Morgan fingerprint density at radius 2 is 2.14 bits per heavy atom. The van der Waals surface area contributed by atoms with Crippen LogP contribution in [-0.2, 0) is 4.79 Å². The van der Waals surface area contributed by atoms with E-state index < -0.39 is 0 Å². The summed E-state index contributed by atoms with van der Waals surface area (Å²) >= 11 is 2.75. The lowest BCUT2D eigenvalue weighted by molar-refractivity contribution is -0.113. The zero-order valence-corrected chi connectivity index (χ0v) is 13.2. The van der Waals surface area contributed by atoms with Gasteiger partial charge in [-0.15, -0.1) is 11.3 Å². The molecule has 0 aliphatic rings. The van der Waals surface area contributed by atoms with E-state index in [0.717, 1.165) is 21.7 Å². The van der Waals surface area contributed by atoms with Crippen molar-refractivity contribution in [3.05, 3.63) is 34.8 Å². The van der Waals surface area contributed by atoms with Crippen LogP contribution in [0.4, 0.5) is 5.13 Å². The molecule has 0 aliphatic carbocycles. The first-order chi connectivity index (χ1) is 10.1. The highest BCUT2D eigenvalue weighted by atomic mass is 32.2. The van der Waals surface area contributed by atoms with Gasteiger partial charge in [-0.25, -0.2) is 9.97 Å². The van der Waals surface area contributed by atoms with Gasteiger partial charge in [0.15, 0.2) is 10.7 Å². The molecule has 2 heterocycles. The van der Waals surface area contributed by atoms with Crippen molar-refractivity contribution in [1.82, 2.24) is 9.97 Å². The van der Waals surface area contributed by atoms with E-state index in [1.807, 2.05) is 38.1 Å². The normalized spacial score (nSPS) is 11.0. The van der Waals surface area contributed by atoms with E-state index in [9.17, 15) is 4.79 Å². The molecule has 108 valence electrons. The first kappa shape index (κ1) is 14.1. The fourth-order valence-electron chi connectivity index (χ4n) is 1.72. The molecule has 2 aromatic heterocycles. The third-order valence-corrected chi connectivity index (χ3v) is 4.69. The molecule has 21 heavy (non-hydrogen) atoms. The Morgan fingerprint density at radius 1 is 1.33 bits per heavy atom. The van der Waals surface area contributed by atoms with Crippen LogP contribution in [0.2, 0.25) is 0 Å². The second-order valence-electron chi connectivity index (χ2n) is 4.44. The van der Waals surface area contributed by atoms with Gasteiger partial charge in [0.25, 0.3) is 5.22 Å². The lowest BCUT2D eigenvalue weighted by Gasteiger charge is -1.98. The van der Waals surface area contributed by atoms with Crippen molar-refractivity contribution in [2.75, 3.05) is 11.1 Å². The number of rotatable bonds is 4. The van der Waals surface area contributed by atoms with Crippen molar-refractivity contribution < 1.29 is 9.21 Å². The summed E-state index contributed by atoms with van der Waals surface area (Å²) in [7, 11) is 0. The van der Waals surface area contributed by atoms with Gasteiger partial charge in [0.1, 0.15) is 5.52 Å². The van der Waals surface area contributed by atoms with E-state index in [1.165, 1.54) is 23.1 Å². The predicted molar refractivity (Wildman–Crippen MR) is 85.0 cm³/mol. The Balaban J connectivity index is 1.60. The molecule has 7 heteroatoms. The van der Waals surface area contributed by atoms with Gasteiger partial charge in [-0.1, -0.05) is 23.9 Å². The quantitative estimate of drug-likeness (QED) is 0.744. The number of aryl methyl sites for hydroxylation is 2. The molecule has 5 nitrogen and oxygen atoms in total. The number of oxazole rings is 1. The highest BCUT2D eigenvalue weighted by molar-refractivity contribution is 7.99. The molecule has 0 fully saturated rings. The molecule has 0 saturated heterocycles. The van der Waals surface area contributed by atoms with E-state index in [2.05, 4.69) is 15.3 Å². The van der Waals surface area contributed by atoms with Gasteiger partial charge >= 0.3 is 0 Å². The summed E-state index contributed by atoms with van der Waals surface area (Å²) in [5.74, 6) is 0.126. The lowest BCUT2D eigenvalue weighted by Crippen LogP contribution is -2.13. The third kappa shape index (κ3) is 3.25. The Bertz CT molecular complexity index is 742. The molecular formula is C14H13N3O2S2. The first-order valence-electron chi connectivity index (χ1n) is 6.34. The summed E-state index contributed by atoms with van der Waals surface area (Å²) < 4.78 is 5.55. The van der Waals surface area contributed by atoms with Crippen LogP contribution >= 0.6 is 23.1 Å². The maximum atomic E-state index is 11.9. The van der Waals surface area contributed by atoms with Gasteiger partial charge in [-0.3, -0.25) is 4.79 Å². The highest BCUT2D eigenvalue weighted by Gasteiger charge is 2.11. The van der Waals surface area contributed by atoms with Gasteiger partial charge in [-0.2, -0.15) is 0 Å². The lowest BCUT2D eigenvalue weighted by atomic mass is 10.3. The fraction of sp³-hybridized carbons (Fsp3) is 0.214. The van der Waals surface area contributed by atoms with Gasteiger partial charge < -0.3 is 9.73 Å². The second kappa shape index (κ2) is 5.87. The number of thioether (sulfide) groups is 1. The van der Waals surface area contributed by atoms with Crippen LogP contribution in [0.25, 0.3) is 11.1 Å². The number of hydrogen-bond donors (Lipinski definition) is 1. The molecule has 0 radical (unpaired) electrons. The summed E-state index contributed by atoms with van der Waals surface area (Å²) in [6.45, 7) is 3.91.